The predicted molar refractivity (Wildman–Crippen MR) is 106 cm³/mol. The SMILES string of the molecule is COc1ccc(/C=C/C(=O)NCc2cn(Cc3cc(=O)c(O)co3)nn2)cc1OC. The maximum atomic E-state index is 12.1. The summed E-state index contributed by atoms with van der Waals surface area (Å²) in [6.07, 6.45) is 5.64. The number of carbonyl (C=O) groups is 1. The Morgan fingerprint density at radius 3 is 2.80 bits per heavy atom. The maximum Gasteiger partial charge on any atom is 0.244 e. The fraction of sp³-hybridized carbons (Fsp3) is 0.200. The van der Waals surface area contributed by atoms with Crippen LogP contribution in [0.3, 0.4) is 0 Å². The van der Waals surface area contributed by atoms with Gasteiger partial charge in [0.1, 0.15) is 24.3 Å². The third-order valence-corrected chi connectivity index (χ3v) is 4.05. The van der Waals surface area contributed by atoms with E-state index in [0.29, 0.717) is 23.0 Å². The molecule has 30 heavy (non-hydrogen) atoms. The quantitative estimate of drug-likeness (QED) is 0.530. The minimum absolute atomic E-state index is 0.162. The molecule has 10 nitrogen and oxygen atoms in total. The van der Waals surface area contributed by atoms with Gasteiger partial charge in [0.25, 0.3) is 0 Å². The van der Waals surface area contributed by atoms with Crippen LogP contribution >= 0.6 is 0 Å². The van der Waals surface area contributed by atoms with Gasteiger partial charge in [-0.15, -0.1) is 5.10 Å². The Hall–Kier alpha value is -4.08. The maximum absolute atomic E-state index is 12.1. The number of hydrogen-bond acceptors (Lipinski definition) is 8. The summed E-state index contributed by atoms with van der Waals surface area (Å²) in [5.41, 5.74) is 0.776. The van der Waals surface area contributed by atoms with E-state index in [1.54, 1.807) is 44.7 Å². The van der Waals surface area contributed by atoms with E-state index < -0.39 is 11.2 Å². The second-order valence-electron chi connectivity index (χ2n) is 6.17. The molecule has 2 heterocycles. The Balaban J connectivity index is 1.54. The summed E-state index contributed by atoms with van der Waals surface area (Å²) in [7, 11) is 3.10. The minimum atomic E-state index is -0.537. The Bertz CT molecular complexity index is 1120. The van der Waals surface area contributed by atoms with Crippen LogP contribution in [0.5, 0.6) is 17.2 Å². The first-order valence-corrected chi connectivity index (χ1v) is 8.86. The largest absolute Gasteiger partial charge is 0.502 e. The second kappa shape index (κ2) is 9.41. The smallest absolute Gasteiger partial charge is 0.244 e. The number of nitrogens with zero attached hydrogens (tertiary/aromatic N) is 3. The van der Waals surface area contributed by atoms with Gasteiger partial charge in [-0.3, -0.25) is 9.59 Å². The molecule has 1 aromatic carbocycles. The second-order valence-corrected chi connectivity index (χ2v) is 6.17. The highest BCUT2D eigenvalue weighted by molar-refractivity contribution is 5.91. The van der Waals surface area contributed by atoms with Gasteiger partial charge in [-0.2, -0.15) is 0 Å². The van der Waals surface area contributed by atoms with Crippen molar-refractivity contribution in [3.8, 4) is 17.2 Å². The molecule has 2 aromatic heterocycles. The molecular weight excluding hydrogens is 392 g/mol. The molecule has 0 spiro atoms. The number of hydrogen-bond donors (Lipinski definition) is 2. The van der Waals surface area contributed by atoms with Crippen molar-refractivity contribution < 1.29 is 23.8 Å². The van der Waals surface area contributed by atoms with Gasteiger partial charge in [-0.25, -0.2) is 4.68 Å². The summed E-state index contributed by atoms with van der Waals surface area (Å²) in [5, 5.41) is 19.8. The minimum Gasteiger partial charge on any atom is -0.502 e. The standard InChI is InChI=1S/C20H20N4O6/c1-28-18-5-3-13(7-19(18)29-2)4-6-20(27)21-9-14-10-24(23-22-14)11-15-8-16(25)17(26)12-30-15/h3-8,10,12,26H,9,11H2,1-2H3,(H,21,27)/b6-4+. The van der Waals surface area contributed by atoms with Crippen molar-refractivity contribution in [2.75, 3.05) is 14.2 Å². The molecule has 3 rings (SSSR count). The van der Waals surface area contributed by atoms with Crippen LogP contribution < -0.4 is 20.2 Å². The number of rotatable bonds is 8. The number of methoxy groups -OCH3 is 2. The normalized spacial score (nSPS) is 10.9. The fourth-order valence-electron chi connectivity index (χ4n) is 2.55. The Labute approximate surface area is 171 Å². The molecule has 2 N–H and O–H groups in total. The molecule has 0 aliphatic rings. The first-order valence-electron chi connectivity index (χ1n) is 8.86. The van der Waals surface area contributed by atoms with Crippen LogP contribution in [-0.2, 0) is 17.9 Å². The first kappa shape index (κ1) is 20.6. The number of nitrogens with one attached hydrogen (secondary N) is 1. The van der Waals surface area contributed by atoms with Gasteiger partial charge in [0.2, 0.25) is 11.3 Å². The molecule has 10 heteroatoms. The predicted octanol–water partition coefficient (Wildman–Crippen LogP) is 1.33. The van der Waals surface area contributed by atoms with Gasteiger partial charge in [0.05, 0.1) is 27.0 Å². The molecule has 156 valence electrons. The molecule has 0 saturated carbocycles. The highest BCUT2D eigenvalue weighted by Crippen LogP contribution is 2.27. The Morgan fingerprint density at radius 2 is 2.07 bits per heavy atom. The van der Waals surface area contributed by atoms with Crippen LogP contribution in [0.15, 0.2) is 52.0 Å². The van der Waals surface area contributed by atoms with Crippen molar-refractivity contribution in [1.82, 2.24) is 20.3 Å². The van der Waals surface area contributed by atoms with E-state index in [2.05, 4.69) is 15.6 Å². The van der Waals surface area contributed by atoms with E-state index in [1.807, 2.05) is 0 Å². The fourth-order valence-corrected chi connectivity index (χ4v) is 2.55. The highest BCUT2D eigenvalue weighted by Gasteiger charge is 2.07. The monoisotopic (exact) mass is 412 g/mol. The molecule has 0 atom stereocenters. The molecule has 0 fully saturated rings. The summed E-state index contributed by atoms with van der Waals surface area (Å²) in [5.74, 6) is 0.733. The van der Waals surface area contributed by atoms with Crippen molar-refractivity contribution in [1.29, 1.82) is 0 Å². The summed E-state index contributed by atoms with van der Waals surface area (Å²) in [4.78, 5) is 23.5. The highest BCUT2D eigenvalue weighted by atomic mass is 16.5. The molecule has 1 amide bonds. The molecule has 0 aliphatic heterocycles. The van der Waals surface area contributed by atoms with Crippen molar-refractivity contribution in [3.05, 3.63) is 70.0 Å². The van der Waals surface area contributed by atoms with Crippen LogP contribution in [0, 0.1) is 0 Å². The summed E-state index contributed by atoms with van der Waals surface area (Å²) in [6, 6.07) is 6.50. The van der Waals surface area contributed by atoms with Crippen LogP contribution in [-0.4, -0.2) is 40.2 Å². The average Bonchev–Trinajstić information content (AvgIpc) is 3.20. The van der Waals surface area contributed by atoms with Crippen LogP contribution in [0.4, 0.5) is 0 Å². The zero-order valence-electron chi connectivity index (χ0n) is 16.4. The van der Waals surface area contributed by atoms with E-state index >= 15 is 0 Å². The lowest BCUT2D eigenvalue weighted by molar-refractivity contribution is -0.116. The third-order valence-electron chi connectivity index (χ3n) is 4.05. The van der Waals surface area contributed by atoms with E-state index in [9.17, 15) is 14.7 Å². The topological polar surface area (TPSA) is 129 Å². The van der Waals surface area contributed by atoms with Crippen LogP contribution in [0.25, 0.3) is 6.08 Å². The summed E-state index contributed by atoms with van der Waals surface area (Å²) >= 11 is 0. The van der Waals surface area contributed by atoms with Crippen molar-refractivity contribution in [2.45, 2.75) is 13.1 Å². The Kier molecular flexibility index (Phi) is 6.48. The lowest BCUT2D eigenvalue weighted by atomic mass is 10.2. The number of carbonyl (C=O) groups excluding carboxylic acids is 1. The van der Waals surface area contributed by atoms with E-state index in [0.717, 1.165) is 11.8 Å². The zero-order valence-corrected chi connectivity index (χ0v) is 16.4. The summed E-state index contributed by atoms with van der Waals surface area (Å²) in [6.45, 7) is 0.338. The van der Waals surface area contributed by atoms with E-state index in [1.165, 1.54) is 16.8 Å². The average molecular weight is 412 g/mol. The van der Waals surface area contributed by atoms with Gasteiger partial charge >= 0.3 is 0 Å². The summed E-state index contributed by atoms with van der Waals surface area (Å²) < 4.78 is 17.0. The van der Waals surface area contributed by atoms with Gasteiger partial charge in [0, 0.05) is 12.1 Å². The lowest BCUT2D eigenvalue weighted by Crippen LogP contribution is -2.20. The van der Waals surface area contributed by atoms with Gasteiger partial charge < -0.3 is 24.3 Å². The first-order chi connectivity index (χ1) is 14.5. The van der Waals surface area contributed by atoms with Crippen molar-refractivity contribution in [2.24, 2.45) is 0 Å². The number of benzene rings is 1. The zero-order chi connectivity index (χ0) is 21.5. The molecular formula is C20H20N4O6. The van der Waals surface area contributed by atoms with Crippen LogP contribution in [0.1, 0.15) is 17.0 Å². The Morgan fingerprint density at radius 1 is 1.27 bits per heavy atom. The number of aromatic hydroxyl groups is 1. The lowest BCUT2D eigenvalue weighted by Gasteiger charge is -2.07. The van der Waals surface area contributed by atoms with Crippen molar-refractivity contribution in [3.63, 3.8) is 0 Å². The molecule has 0 saturated heterocycles. The molecule has 0 bridgehead atoms. The van der Waals surface area contributed by atoms with Crippen LogP contribution in [0.2, 0.25) is 0 Å². The molecule has 0 radical (unpaired) electrons. The number of aromatic nitrogens is 3. The third kappa shape index (κ3) is 5.25. The van der Waals surface area contributed by atoms with E-state index in [-0.39, 0.29) is 19.0 Å². The van der Waals surface area contributed by atoms with Gasteiger partial charge in [-0.1, -0.05) is 11.3 Å². The molecule has 3 aromatic rings. The van der Waals surface area contributed by atoms with Crippen molar-refractivity contribution >= 4 is 12.0 Å². The number of ether oxygens (including phenoxy) is 2. The number of amides is 1. The van der Waals surface area contributed by atoms with E-state index in [4.69, 9.17) is 13.9 Å². The molecule has 0 aliphatic carbocycles. The van der Waals surface area contributed by atoms with Gasteiger partial charge in [0.15, 0.2) is 17.2 Å². The molecule has 0 unspecified atom stereocenters. The van der Waals surface area contributed by atoms with Gasteiger partial charge in [-0.05, 0) is 23.8 Å².